The Labute approximate surface area is 128 Å². The van der Waals surface area contributed by atoms with Crippen molar-refractivity contribution < 1.29 is 8.42 Å². The molecule has 7 nitrogen and oxygen atoms in total. The summed E-state index contributed by atoms with van der Waals surface area (Å²) in [6.07, 6.45) is 3.23. The summed E-state index contributed by atoms with van der Waals surface area (Å²) in [7, 11) is -3.29. The summed E-state index contributed by atoms with van der Waals surface area (Å²) in [6, 6.07) is 7.41. The molecule has 0 saturated carbocycles. The van der Waals surface area contributed by atoms with Crippen LogP contribution in [0.25, 0.3) is 0 Å². The summed E-state index contributed by atoms with van der Waals surface area (Å²) in [5.41, 5.74) is 6.47. The van der Waals surface area contributed by atoms with E-state index in [1.54, 1.807) is 23.1 Å². The number of thioether (sulfide) groups is 1. The van der Waals surface area contributed by atoms with Crippen molar-refractivity contribution in [2.45, 2.75) is 11.4 Å². The average molecular weight is 327 g/mol. The molecule has 3 N–H and O–H groups in total. The Hall–Kier alpha value is -1.58. The number of para-hydroxylation sites is 1. The Morgan fingerprint density at radius 3 is 2.86 bits per heavy atom. The lowest BCUT2D eigenvalue weighted by atomic mass is 10.3. The highest BCUT2D eigenvalue weighted by Crippen LogP contribution is 2.24. The van der Waals surface area contributed by atoms with Crippen LogP contribution in [0.4, 0.5) is 5.69 Å². The first-order valence-electron chi connectivity index (χ1n) is 6.35. The van der Waals surface area contributed by atoms with E-state index in [-0.39, 0.29) is 5.75 Å². The number of anilines is 1. The maximum Gasteiger partial charge on any atom is 0.212 e. The fourth-order valence-corrected chi connectivity index (χ4v) is 4.00. The summed E-state index contributed by atoms with van der Waals surface area (Å²) < 4.78 is 27.8. The van der Waals surface area contributed by atoms with Crippen LogP contribution in [0.1, 0.15) is 0 Å². The van der Waals surface area contributed by atoms with Gasteiger partial charge in [0.25, 0.3) is 0 Å². The molecule has 0 spiro atoms. The molecule has 0 unspecified atom stereocenters. The zero-order valence-corrected chi connectivity index (χ0v) is 13.0. The van der Waals surface area contributed by atoms with Gasteiger partial charge in [-0.05, 0) is 12.1 Å². The molecule has 2 aromatic rings. The Bertz CT molecular complexity index is 658. The topological polar surface area (TPSA) is 103 Å². The molecule has 0 atom stereocenters. The van der Waals surface area contributed by atoms with Gasteiger partial charge in [0, 0.05) is 29.1 Å². The molecule has 9 heteroatoms. The Morgan fingerprint density at radius 2 is 2.14 bits per heavy atom. The van der Waals surface area contributed by atoms with E-state index in [0.29, 0.717) is 24.5 Å². The van der Waals surface area contributed by atoms with Crippen LogP contribution in [-0.4, -0.2) is 41.5 Å². The lowest BCUT2D eigenvalue weighted by Gasteiger charge is -2.07. The van der Waals surface area contributed by atoms with Crippen LogP contribution < -0.4 is 10.5 Å². The number of nitrogens with zero attached hydrogens (tertiary/aromatic N) is 3. The van der Waals surface area contributed by atoms with Gasteiger partial charge in [-0.2, -0.15) is 0 Å². The number of nitrogen functional groups attached to an aromatic ring is 1. The predicted molar refractivity (Wildman–Crippen MR) is 83.4 cm³/mol. The van der Waals surface area contributed by atoms with Gasteiger partial charge >= 0.3 is 0 Å². The van der Waals surface area contributed by atoms with Gasteiger partial charge in [0.05, 0.1) is 18.5 Å². The first-order chi connectivity index (χ1) is 10.1. The molecular weight excluding hydrogens is 310 g/mol. The van der Waals surface area contributed by atoms with E-state index in [1.165, 1.54) is 11.8 Å². The van der Waals surface area contributed by atoms with Gasteiger partial charge in [0.2, 0.25) is 10.0 Å². The largest absolute Gasteiger partial charge is 0.398 e. The van der Waals surface area contributed by atoms with Crippen LogP contribution in [0.5, 0.6) is 0 Å². The van der Waals surface area contributed by atoms with E-state index < -0.39 is 10.0 Å². The Kier molecular flexibility index (Phi) is 5.59. The first-order valence-corrected chi connectivity index (χ1v) is 8.99. The van der Waals surface area contributed by atoms with Gasteiger partial charge in [-0.1, -0.05) is 17.3 Å². The Morgan fingerprint density at radius 1 is 1.33 bits per heavy atom. The maximum atomic E-state index is 11.8. The fourth-order valence-electron chi connectivity index (χ4n) is 1.61. The SMILES string of the molecule is Nc1ccccc1SCCS(=O)(=O)NCCn1ccnn1. The monoisotopic (exact) mass is 327 g/mol. The van der Waals surface area contributed by atoms with Crippen molar-refractivity contribution in [1.29, 1.82) is 0 Å². The molecule has 21 heavy (non-hydrogen) atoms. The van der Waals surface area contributed by atoms with E-state index in [9.17, 15) is 8.42 Å². The number of benzene rings is 1. The number of hydrogen-bond acceptors (Lipinski definition) is 6. The molecule has 0 radical (unpaired) electrons. The summed E-state index contributed by atoms with van der Waals surface area (Å²) in [4.78, 5) is 0.898. The number of nitrogens with one attached hydrogen (secondary N) is 1. The molecule has 0 saturated heterocycles. The summed E-state index contributed by atoms with van der Waals surface area (Å²) in [5, 5.41) is 7.41. The van der Waals surface area contributed by atoms with Crippen LogP contribution in [0, 0.1) is 0 Å². The highest BCUT2D eigenvalue weighted by Gasteiger charge is 2.10. The van der Waals surface area contributed by atoms with Crippen LogP contribution in [0.2, 0.25) is 0 Å². The van der Waals surface area contributed by atoms with Crippen molar-refractivity contribution in [3.8, 4) is 0 Å². The minimum atomic E-state index is -3.29. The van der Waals surface area contributed by atoms with Gasteiger partial charge in [-0.25, -0.2) is 13.1 Å². The number of nitrogens with two attached hydrogens (primary N) is 1. The number of sulfonamides is 1. The van der Waals surface area contributed by atoms with Crippen LogP contribution in [0.3, 0.4) is 0 Å². The molecule has 0 amide bonds. The third kappa shape index (κ3) is 5.37. The van der Waals surface area contributed by atoms with Crippen molar-refractivity contribution in [2.75, 3.05) is 23.8 Å². The van der Waals surface area contributed by atoms with Gasteiger partial charge < -0.3 is 5.73 Å². The molecule has 1 heterocycles. The average Bonchev–Trinajstić information content (AvgIpc) is 2.94. The van der Waals surface area contributed by atoms with E-state index >= 15 is 0 Å². The molecular formula is C12H17N5O2S2. The highest BCUT2D eigenvalue weighted by molar-refractivity contribution is 8.00. The van der Waals surface area contributed by atoms with Gasteiger partial charge in [-0.15, -0.1) is 16.9 Å². The third-order valence-electron chi connectivity index (χ3n) is 2.66. The van der Waals surface area contributed by atoms with Crippen molar-refractivity contribution in [1.82, 2.24) is 19.7 Å². The number of aromatic nitrogens is 3. The van der Waals surface area contributed by atoms with Crippen molar-refractivity contribution in [2.24, 2.45) is 0 Å². The van der Waals surface area contributed by atoms with Crippen molar-refractivity contribution >= 4 is 27.5 Å². The van der Waals surface area contributed by atoms with Crippen molar-refractivity contribution in [3.05, 3.63) is 36.7 Å². The quantitative estimate of drug-likeness (QED) is 0.543. The Balaban J connectivity index is 1.72. The second kappa shape index (κ2) is 7.43. The third-order valence-corrected chi connectivity index (χ3v) is 5.40. The zero-order valence-electron chi connectivity index (χ0n) is 11.3. The molecule has 0 aliphatic heterocycles. The van der Waals surface area contributed by atoms with Crippen LogP contribution >= 0.6 is 11.8 Å². The van der Waals surface area contributed by atoms with E-state index in [2.05, 4.69) is 15.0 Å². The van der Waals surface area contributed by atoms with E-state index in [4.69, 9.17) is 5.73 Å². The van der Waals surface area contributed by atoms with Gasteiger partial charge in [-0.3, -0.25) is 4.68 Å². The van der Waals surface area contributed by atoms with Crippen LogP contribution in [0.15, 0.2) is 41.6 Å². The summed E-state index contributed by atoms with van der Waals surface area (Å²) in [6.45, 7) is 0.752. The molecule has 0 bridgehead atoms. The molecule has 0 aliphatic carbocycles. The second-order valence-corrected chi connectivity index (χ2v) is 7.33. The van der Waals surface area contributed by atoms with Crippen LogP contribution in [-0.2, 0) is 16.6 Å². The second-order valence-electron chi connectivity index (χ2n) is 4.27. The normalized spacial score (nSPS) is 11.6. The van der Waals surface area contributed by atoms with E-state index in [1.807, 2.05) is 18.2 Å². The molecule has 2 rings (SSSR count). The lowest BCUT2D eigenvalue weighted by molar-refractivity contribution is 0.554. The van der Waals surface area contributed by atoms with Crippen molar-refractivity contribution in [3.63, 3.8) is 0 Å². The minimum Gasteiger partial charge on any atom is -0.398 e. The molecule has 114 valence electrons. The summed E-state index contributed by atoms with van der Waals surface area (Å²) >= 11 is 1.43. The molecule has 1 aromatic carbocycles. The maximum absolute atomic E-state index is 11.8. The summed E-state index contributed by atoms with van der Waals surface area (Å²) in [5.74, 6) is 0.496. The smallest absolute Gasteiger partial charge is 0.212 e. The highest BCUT2D eigenvalue weighted by atomic mass is 32.2. The number of hydrogen-bond donors (Lipinski definition) is 2. The lowest BCUT2D eigenvalue weighted by Crippen LogP contribution is -2.30. The minimum absolute atomic E-state index is 0.0450. The van der Waals surface area contributed by atoms with E-state index in [0.717, 1.165) is 4.90 Å². The standard InChI is InChI=1S/C12H17N5O2S2/c13-11-3-1-2-4-12(11)20-9-10-21(18,19)15-6-8-17-7-5-14-16-17/h1-5,7,15H,6,8-10,13H2. The van der Waals surface area contributed by atoms with Gasteiger partial charge in [0.1, 0.15) is 0 Å². The van der Waals surface area contributed by atoms with Gasteiger partial charge in [0.15, 0.2) is 0 Å². The molecule has 1 aromatic heterocycles. The number of rotatable bonds is 8. The first kappa shape index (κ1) is 15.8. The predicted octanol–water partition coefficient (Wildman–Crippen LogP) is 0.572. The zero-order chi connectivity index (χ0) is 15.1. The molecule has 0 fully saturated rings. The fraction of sp³-hybridized carbons (Fsp3) is 0.333. The molecule has 0 aliphatic rings.